The molecular weight excluding hydrogens is 342 g/mol. The molecule has 8 nitrogen and oxygen atoms in total. The van der Waals surface area contributed by atoms with E-state index in [9.17, 15) is 8.42 Å². The number of tetrazole rings is 1. The van der Waals surface area contributed by atoms with Crippen LogP contribution in [-0.2, 0) is 10.1 Å². The van der Waals surface area contributed by atoms with E-state index in [2.05, 4.69) is 20.5 Å². The summed E-state index contributed by atoms with van der Waals surface area (Å²) < 4.78 is 32.1. The van der Waals surface area contributed by atoms with Crippen LogP contribution in [0.1, 0.15) is 0 Å². The first-order valence-corrected chi connectivity index (χ1v) is 8.66. The molecule has 9 heteroatoms. The minimum atomic E-state index is -4.05. The van der Waals surface area contributed by atoms with E-state index in [0.717, 1.165) is 5.39 Å². The van der Waals surface area contributed by atoms with Gasteiger partial charge in [-0.15, -0.1) is 5.10 Å². The summed E-state index contributed by atoms with van der Waals surface area (Å²) in [5.41, 5.74) is 0.940. The summed E-state index contributed by atoms with van der Waals surface area (Å²) in [5.74, 6) is 0.154. The predicted molar refractivity (Wildman–Crippen MR) is 88.7 cm³/mol. The zero-order valence-electron chi connectivity index (χ0n) is 12.7. The number of nitrogens with zero attached hydrogens (tertiary/aromatic N) is 5. The first-order chi connectivity index (χ1) is 12.1. The highest BCUT2D eigenvalue weighted by atomic mass is 32.2. The highest BCUT2D eigenvalue weighted by Gasteiger charge is 2.20. The molecule has 4 aromatic rings. The maximum absolute atomic E-state index is 12.7. The summed E-state index contributed by atoms with van der Waals surface area (Å²) in [6.07, 6.45) is 2.95. The van der Waals surface area contributed by atoms with Crippen molar-refractivity contribution in [3.8, 4) is 11.4 Å². The Morgan fingerprint density at radius 3 is 2.68 bits per heavy atom. The maximum Gasteiger partial charge on any atom is 0.341 e. The van der Waals surface area contributed by atoms with Crippen molar-refractivity contribution in [3.05, 3.63) is 67.1 Å². The van der Waals surface area contributed by atoms with Gasteiger partial charge in [-0.1, -0.05) is 24.3 Å². The number of pyridine rings is 1. The first-order valence-electron chi connectivity index (χ1n) is 7.25. The lowest BCUT2D eigenvalue weighted by Crippen LogP contribution is -2.11. The highest BCUT2D eigenvalue weighted by Crippen LogP contribution is 2.25. The Balaban J connectivity index is 1.73. The lowest BCUT2D eigenvalue weighted by Gasteiger charge is -2.10. The Morgan fingerprint density at radius 1 is 1.00 bits per heavy atom. The first kappa shape index (κ1) is 15.2. The molecule has 0 saturated heterocycles. The maximum atomic E-state index is 12.7. The van der Waals surface area contributed by atoms with E-state index in [4.69, 9.17) is 4.18 Å². The number of hydrogen-bond acceptors (Lipinski definition) is 7. The Bertz CT molecular complexity index is 1140. The van der Waals surface area contributed by atoms with E-state index in [1.165, 1.54) is 23.1 Å². The highest BCUT2D eigenvalue weighted by molar-refractivity contribution is 7.87. The molecule has 0 saturated carbocycles. The third kappa shape index (κ3) is 2.92. The molecule has 2 aromatic heterocycles. The van der Waals surface area contributed by atoms with E-state index in [1.807, 2.05) is 0 Å². The van der Waals surface area contributed by atoms with Crippen molar-refractivity contribution < 1.29 is 12.6 Å². The molecule has 0 N–H and O–H groups in total. The van der Waals surface area contributed by atoms with Crippen LogP contribution in [0.5, 0.6) is 5.75 Å². The summed E-state index contributed by atoms with van der Waals surface area (Å²) in [7, 11) is -4.05. The van der Waals surface area contributed by atoms with Crippen molar-refractivity contribution in [1.29, 1.82) is 0 Å². The third-order valence-corrected chi connectivity index (χ3v) is 4.78. The molecule has 0 bridgehead atoms. The zero-order chi connectivity index (χ0) is 17.3. The standard InChI is InChI=1S/C16H11N5O3S/c22-25(23,15-8-1-4-12-5-3-9-17-16(12)15)24-14-7-2-6-13(10-14)21-11-18-19-20-21/h1-11H. The second-order valence-corrected chi connectivity index (χ2v) is 6.64. The Morgan fingerprint density at radius 2 is 1.84 bits per heavy atom. The smallest absolute Gasteiger partial charge is 0.341 e. The molecule has 2 aromatic carbocycles. The van der Waals surface area contributed by atoms with Gasteiger partial charge < -0.3 is 4.18 Å². The van der Waals surface area contributed by atoms with E-state index in [1.54, 1.807) is 48.7 Å². The average Bonchev–Trinajstić information content (AvgIpc) is 3.16. The quantitative estimate of drug-likeness (QED) is 0.517. The number of para-hydroxylation sites is 1. The fourth-order valence-electron chi connectivity index (χ4n) is 2.41. The second kappa shape index (κ2) is 5.95. The van der Waals surface area contributed by atoms with Gasteiger partial charge in [0.25, 0.3) is 0 Å². The lowest BCUT2D eigenvalue weighted by atomic mass is 10.2. The molecule has 0 spiro atoms. The van der Waals surface area contributed by atoms with Gasteiger partial charge in [-0.3, -0.25) is 4.98 Å². The predicted octanol–water partition coefficient (Wildman–Crippen LogP) is 1.98. The fraction of sp³-hybridized carbons (Fsp3) is 0. The molecule has 0 aliphatic rings. The molecule has 0 atom stereocenters. The molecule has 0 unspecified atom stereocenters. The largest absolute Gasteiger partial charge is 0.379 e. The van der Waals surface area contributed by atoms with Crippen LogP contribution >= 0.6 is 0 Å². The van der Waals surface area contributed by atoms with Gasteiger partial charge in [-0.05, 0) is 34.7 Å². The van der Waals surface area contributed by atoms with Gasteiger partial charge in [-0.2, -0.15) is 8.42 Å². The van der Waals surface area contributed by atoms with Crippen LogP contribution in [0, 0.1) is 0 Å². The van der Waals surface area contributed by atoms with Crippen molar-refractivity contribution in [3.63, 3.8) is 0 Å². The Hall–Kier alpha value is -3.33. The molecular formula is C16H11N5O3S. The number of benzene rings is 2. The fourth-order valence-corrected chi connectivity index (χ4v) is 3.51. The molecule has 124 valence electrons. The van der Waals surface area contributed by atoms with Gasteiger partial charge in [0.1, 0.15) is 17.0 Å². The average molecular weight is 353 g/mol. The van der Waals surface area contributed by atoms with Crippen molar-refractivity contribution in [2.45, 2.75) is 4.90 Å². The van der Waals surface area contributed by atoms with Gasteiger partial charge in [0.15, 0.2) is 0 Å². The molecule has 0 amide bonds. The summed E-state index contributed by atoms with van der Waals surface area (Å²) in [5, 5.41) is 11.6. The minimum absolute atomic E-state index is 0.0124. The van der Waals surface area contributed by atoms with E-state index in [0.29, 0.717) is 11.2 Å². The second-order valence-electron chi connectivity index (χ2n) is 5.12. The third-order valence-electron chi connectivity index (χ3n) is 3.50. The number of aromatic nitrogens is 5. The van der Waals surface area contributed by atoms with Crippen molar-refractivity contribution in [2.75, 3.05) is 0 Å². The van der Waals surface area contributed by atoms with Gasteiger partial charge in [0, 0.05) is 17.6 Å². The van der Waals surface area contributed by atoms with Gasteiger partial charge in [0.2, 0.25) is 0 Å². The van der Waals surface area contributed by atoms with E-state index >= 15 is 0 Å². The van der Waals surface area contributed by atoms with E-state index < -0.39 is 10.1 Å². The molecule has 0 fully saturated rings. The SMILES string of the molecule is O=S(=O)(Oc1cccc(-n2cnnn2)c1)c1cccc2cccnc12. The number of hydrogen-bond donors (Lipinski definition) is 0. The van der Waals surface area contributed by atoms with Crippen LogP contribution in [0.3, 0.4) is 0 Å². The lowest BCUT2D eigenvalue weighted by molar-refractivity contribution is 0.486. The van der Waals surface area contributed by atoms with Crippen LogP contribution in [0.15, 0.2) is 72.0 Å². The van der Waals surface area contributed by atoms with Gasteiger partial charge >= 0.3 is 10.1 Å². The van der Waals surface area contributed by atoms with Crippen LogP contribution < -0.4 is 4.18 Å². The Labute approximate surface area is 142 Å². The summed E-state index contributed by atoms with van der Waals surface area (Å²) in [6, 6.07) is 14.9. The van der Waals surface area contributed by atoms with Gasteiger partial charge in [-0.25, -0.2) is 4.68 Å². The zero-order valence-corrected chi connectivity index (χ0v) is 13.5. The normalized spacial score (nSPS) is 11.5. The molecule has 2 heterocycles. The van der Waals surface area contributed by atoms with Gasteiger partial charge in [0.05, 0.1) is 11.2 Å². The van der Waals surface area contributed by atoms with Crippen LogP contribution in [0.4, 0.5) is 0 Å². The van der Waals surface area contributed by atoms with Crippen molar-refractivity contribution in [2.24, 2.45) is 0 Å². The molecule has 25 heavy (non-hydrogen) atoms. The van der Waals surface area contributed by atoms with Crippen LogP contribution in [-0.4, -0.2) is 33.6 Å². The number of rotatable bonds is 4. The molecule has 0 radical (unpaired) electrons. The summed E-state index contributed by atoms with van der Waals surface area (Å²) >= 11 is 0. The monoisotopic (exact) mass is 353 g/mol. The molecule has 0 aliphatic heterocycles. The van der Waals surface area contributed by atoms with E-state index in [-0.39, 0.29) is 10.6 Å². The summed E-state index contributed by atoms with van der Waals surface area (Å²) in [4.78, 5) is 4.17. The van der Waals surface area contributed by atoms with Crippen molar-refractivity contribution in [1.82, 2.24) is 25.2 Å². The van der Waals surface area contributed by atoms with Crippen LogP contribution in [0.2, 0.25) is 0 Å². The summed E-state index contributed by atoms with van der Waals surface area (Å²) in [6.45, 7) is 0. The van der Waals surface area contributed by atoms with Crippen molar-refractivity contribution >= 4 is 21.0 Å². The molecule has 4 rings (SSSR count). The topological polar surface area (TPSA) is 99.9 Å². The number of fused-ring (bicyclic) bond motifs is 1. The van der Waals surface area contributed by atoms with Crippen LogP contribution in [0.25, 0.3) is 16.6 Å². The molecule has 0 aliphatic carbocycles. The minimum Gasteiger partial charge on any atom is -0.379 e. The Kier molecular flexibility index (Phi) is 3.62.